The minimum atomic E-state index is -0.709. The molecular weight excluding hydrogens is 248 g/mol. The zero-order valence-electron chi connectivity index (χ0n) is 11.4. The molecule has 1 rings (SSSR count). The molecule has 2 unspecified atom stereocenters. The van der Waals surface area contributed by atoms with E-state index in [1.807, 2.05) is 12.1 Å². The smallest absolute Gasteiger partial charge is 0.125 e. The molecule has 108 valence electrons. The molecule has 2 N–H and O–H groups in total. The van der Waals surface area contributed by atoms with Gasteiger partial charge in [-0.25, -0.2) is 0 Å². The number of benzene rings is 1. The normalized spacial score (nSPS) is 14.1. The molecule has 0 radical (unpaired) electrons. The third kappa shape index (κ3) is 6.02. The maximum atomic E-state index is 9.69. The van der Waals surface area contributed by atoms with Gasteiger partial charge in [-0.3, -0.25) is 0 Å². The van der Waals surface area contributed by atoms with E-state index in [2.05, 4.69) is 0 Å². The summed E-state index contributed by atoms with van der Waals surface area (Å²) in [5.74, 6) is 0.577. The predicted octanol–water partition coefficient (Wildman–Crippen LogP) is 1.14. The van der Waals surface area contributed by atoms with E-state index in [9.17, 15) is 10.2 Å². The van der Waals surface area contributed by atoms with Crippen LogP contribution < -0.4 is 4.74 Å². The summed E-state index contributed by atoms with van der Waals surface area (Å²) < 4.78 is 15.5. The fourth-order valence-corrected chi connectivity index (χ4v) is 1.55. The molecule has 0 aliphatic heterocycles. The van der Waals surface area contributed by atoms with Gasteiger partial charge in [-0.15, -0.1) is 0 Å². The second-order valence-electron chi connectivity index (χ2n) is 4.25. The van der Waals surface area contributed by atoms with Crippen LogP contribution in [0.5, 0.6) is 5.75 Å². The quantitative estimate of drug-likeness (QED) is 0.659. The van der Waals surface area contributed by atoms with Gasteiger partial charge >= 0.3 is 0 Å². The van der Waals surface area contributed by atoms with Crippen molar-refractivity contribution in [2.24, 2.45) is 0 Å². The Labute approximate surface area is 113 Å². The van der Waals surface area contributed by atoms with Crippen molar-refractivity contribution in [2.45, 2.75) is 19.1 Å². The highest BCUT2D eigenvalue weighted by molar-refractivity contribution is 5.34. The molecule has 0 saturated heterocycles. The maximum absolute atomic E-state index is 9.69. The molecule has 0 fully saturated rings. The zero-order valence-corrected chi connectivity index (χ0v) is 11.4. The lowest BCUT2D eigenvalue weighted by Crippen LogP contribution is -2.24. The van der Waals surface area contributed by atoms with Crippen molar-refractivity contribution >= 4 is 0 Å². The van der Waals surface area contributed by atoms with E-state index in [4.69, 9.17) is 14.2 Å². The van der Waals surface area contributed by atoms with Gasteiger partial charge < -0.3 is 24.4 Å². The predicted molar refractivity (Wildman–Crippen MR) is 71.3 cm³/mol. The number of aliphatic hydroxyl groups is 2. The van der Waals surface area contributed by atoms with Gasteiger partial charge in [-0.2, -0.15) is 0 Å². The zero-order chi connectivity index (χ0) is 14.1. The molecule has 1 aromatic rings. The summed E-state index contributed by atoms with van der Waals surface area (Å²) in [5, 5.41) is 19.3. The number of aliphatic hydroxyl groups excluding tert-OH is 2. The summed E-state index contributed by atoms with van der Waals surface area (Å²) in [6.45, 7) is 2.93. The lowest BCUT2D eigenvalue weighted by atomic mass is 10.1. The molecule has 0 heterocycles. The fourth-order valence-electron chi connectivity index (χ4n) is 1.55. The average Bonchev–Trinajstić information content (AvgIpc) is 2.41. The molecule has 0 saturated carbocycles. The first-order valence-corrected chi connectivity index (χ1v) is 6.29. The Hall–Kier alpha value is -1.14. The van der Waals surface area contributed by atoms with Crippen molar-refractivity contribution in [1.82, 2.24) is 0 Å². The van der Waals surface area contributed by atoms with Gasteiger partial charge in [0.15, 0.2) is 0 Å². The Morgan fingerprint density at radius 1 is 1.11 bits per heavy atom. The highest BCUT2D eigenvalue weighted by atomic mass is 16.5. The molecule has 0 spiro atoms. The van der Waals surface area contributed by atoms with Crippen molar-refractivity contribution < 1.29 is 24.4 Å². The van der Waals surface area contributed by atoms with E-state index in [0.717, 1.165) is 0 Å². The molecule has 19 heavy (non-hydrogen) atoms. The lowest BCUT2D eigenvalue weighted by molar-refractivity contribution is -0.00460. The first-order valence-electron chi connectivity index (χ1n) is 6.29. The van der Waals surface area contributed by atoms with E-state index in [1.165, 1.54) is 0 Å². The standard InChI is InChI=1S/C14H22O5/c1-11(15)13-5-3-4-6-14(13)19-10-12(16)9-18-8-7-17-2/h3-6,11-12,15-16H,7-10H2,1-2H3. The van der Waals surface area contributed by atoms with Crippen LogP contribution in [0.25, 0.3) is 0 Å². The number of para-hydroxylation sites is 1. The molecular formula is C14H22O5. The number of methoxy groups -OCH3 is 1. The summed E-state index contributed by atoms with van der Waals surface area (Å²) in [6, 6.07) is 7.21. The van der Waals surface area contributed by atoms with Crippen molar-refractivity contribution in [1.29, 1.82) is 0 Å². The van der Waals surface area contributed by atoms with Gasteiger partial charge in [0, 0.05) is 12.7 Å². The molecule has 0 aliphatic rings. The molecule has 1 aromatic carbocycles. The van der Waals surface area contributed by atoms with Gasteiger partial charge in [0.25, 0.3) is 0 Å². The van der Waals surface area contributed by atoms with Crippen LogP contribution in [0.4, 0.5) is 0 Å². The summed E-state index contributed by atoms with van der Waals surface area (Å²) in [5.41, 5.74) is 0.704. The summed E-state index contributed by atoms with van der Waals surface area (Å²) >= 11 is 0. The fraction of sp³-hybridized carbons (Fsp3) is 0.571. The topological polar surface area (TPSA) is 68.2 Å². The molecule has 5 nitrogen and oxygen atoms in total. The Morgan fingerprint density at radius 3 is 2.53 bits per heavy atom. The number of rotatable bonds is 9. The monoisotopic (exact) mass is 270 g/mol. The van der Waals surface area contributed by atoms with Gasteiger partial charge in [0.2, 0.25) is 0 Å². The van der Waals surface area contributed by atoms with E-state index in [1.54, 1.807) is 26.2 Å². The van der Waals surface area contributed by atoms with Crippen molar-refractivity contribution in [3.8, 4) is 5.75 Å². The van der Waals surface area contributed by atoms with Crippen LogP contribution in [-0.2, 0) is 9.47 Å². The van der Waals surface area contributed by atoms with E-state index < -0.39 is 12.2 Å². The molecule has 0 bridgehead atoms. The number of hydrogen-bond donors (Lipinski definition) is 2. The molecule has 0 aliphatic carbocycles. The van der Waals surface area contributed by atoms with Gasteiger partial charge in [0.05, 0.1) is 25.9 Å². The van der Waals surface area contributed by atoms with Gasteiger partial charge in [0.1, 0.15) is 18.5 Å². The molecule has 0 aromatic heterocycles. The van der Waals surface area contributed by atoms with Crippen LogP contribution in [-0.4, -0.2) is 49.9 Å². The van der Waals surface area contributed by atoms with Gasteiger partial charge in [-0.05, 0) is 13.0 Å². The van der Waals surface area contributed by atoms with Crippen LogP contribution in [0.15, 0.2) is 24.3 Å². The number of ether oxygens (including phenoxy) is 3. The van der Waals surface area contributed by atoms with Crippen molar-refractivity contribution in [3.05, 3.63) is 29.8 Å². The average molecular weight is 270 g/mol. The van der Waals surface area contributed by atoms with E-state index >= 15 is 0 Å². The Morgan fingerprint density at radius 2 is 1.84 bits per heavy atom. The maximum Gasteiger partial charge on any atom is 0.125 e. The van der Waals surface area contributed by atoms with Crippen LogP contribution in [0.2, 0.25) is 0 Å². The minimum absolute atomic E-state index is 0.122. The minimum Gasteiger partial charge on any atom is -0.490 e. The second-order valence-corrected chi connectivity index (χ2v) is 4.25. The summed E-state index contributed by atoms with van der Waals surface area (Å²) in [6.07, 6.45) is -1.31. The summed E-state index contributed by atoms with van der Waals surface area (Å²) in [4.78, 5) is 0. The molecule has 5 heteroatoms. The van der Waals surface area contributed by atoms with E-state index in [0.29, 0.717) is 24.5 Å². The Balaban J connectivity index is 2.35. The summed E-state index contributed by atoms with van der Waals surface area (Å²) in [7, 11) is 1.59. The largest absolute Gasteiger partial charge is 0.490 e. The second kappa shape index (κ2) is 8.87. The van der Waals surface area contributed by atoms with Crippen molar-refractivity contribution in [3.63, 3.8) is 0 Å². The lowest BCUT2D eigenvalue weighted by Gasteiger charge is -2.16. The Kier molecular flexibility index (Phi) is 7.43. The Bertz CT molecular complexity index is 353. The SMILES string of the molecule is COCCOCC(O)COc1ccccc1C(C)O. The molecule has 0 amide bonds. The van der Waals surface area contributed by atoms with Crippen LogP contribution in [0.1, 0.15) is 18.6 Å². The highest BCUT2D eigenvalue weighted by Gasteiger charge is 2.10. The van der Waals surface area contributed by atoms with E-state index in [-0.39, 0.29) is 13.2 Å². The van der Waals surface area contributed by atoms with Crippen LogP contribution in [0.3, 0.4) is 0 Å². The van der Waals surface area contributed by atoms with Crippen LogP contribution >= 0.6 is 0 Å². The first-order chi connectivity index (χ1) is 9.15. The first kappa shape index (κ1) is 15.9. The highest BCUT2D eigenvalue weighted by Crippen LogP contribution is 2.24. The number of hydrogen-bond acceptors (Lipinski definition) is 5. The third-order valence-electron chi connectivity index (χ3n) is 2.54. The van der Waals surface area contributed by atoms with Gasteiger partial charge in [-0.1, -0.05) is 18.2 Å². The van der Waals surface area contributed by atoms with Crippen molar-refractivity contribution in [2.75, 3.05) is 33.5 Å². The third-order valence-corrected chi connectivity index (χ3v) is 2.54. The molecule has 2 atom stereocenters. The van der Waals surface area contributed by atoms with Crippen LogP contribution in [0, 0.1) is 0 Å².